The molecule has 0 aliphatic carbocycles. The number of rotatable bonds is 0. The molecule has 1 nitrogen and oxygen atoms in total. The van der Waals surface area contributed by atoms with E-state index in [0.717, 1.165) is 12.1 Å². The van der Waals surface area contributed by atoms with Crippen molar-refractivity contribution in [1.29, 1.82) is 0 Å². The van der Waals surface area contributed by atoms with Crippen LogP contribution in [0.25, 0.3) is 0 Å². The number of fused-ring (bicyclic) bond motifs is 2. The Balaban J connectivity index is 2.05. The lowest BCUT2D eigenvalue weighted by molar-refractivity contribution is 0.139. The predicted octanol–water partition coefficient (Wildman–Crippen LogP) is 2.24. The minimum atomic E-state index is 0.816. The molecule has 0 radical (unpaired) electrons. The van der Waals surface area contributed by atoms with Gasteiger partial charge in [0.1, 0.15) is 0 Å². The van der Waals surface area contributed by atoms with Gasteiger partial charge >= 0.3 is 0 Å². The highest BCUT2D eigenvalue weighted by atomic mass is 32.1. The molecule has 0 unspecified atom stereocenters. The van der Waals surface area contributed by atoms with Gasteiger partial charge in [0.15, 0.2) is 0 Å². The summed E-state index contributed by atoms with van der Waals surface area (Å²) in [6.07, 6.45) is 8.43. The molecule has 0 aromatic carbocycles. The molecule has 2 bridgehead atoms. The van der Waals surface area contributed by atoms with Crippen LogP contribution in [0.15, 0.2) is 0 Å². The third-order valence-electron chi connectivity index (χ3n) is 2.90. The van der Waals surface area contributed by atoms with Crippen molar-refractivity contribution in [3.63, 3.8) is 0 Å². The standard InChI is InChI=1S/C8H15NS/c10-9-7-3-1-4-8(9)6-2-5-7/h7-8,10H,1-6H2. The average molecular weight is 157 g/mol. The Bertz CT molecular complexity index is 104. The van der Waals surface area contributed by atoms with E-state index in [4.69, 9.17) is 0 Å². The van der Waals surface area contributed by atoms with E-state index in [2.05, 4.69) is 17.1 Å². The Morgan fingerprint density at radius 2 is 1.30 bits per heavy atom. The Morgan fingerprint density at radius 1 is 0.900 bits per heavy atom. The second-order valence-corrected chi connectivity index (χ2v) is 4.01. The quantitative estimate of drug-likeness (QED) is 0.528. The van der Waals surface area contributed by atoms with Crippen molar-refractivity contribution in [3.05, 3.63) is 0 Å². The van der Waals surface area contributed by atoms with Crippen LogP contribution in [0.1, 0.15) is 38.5 Å². The SMILES string of the molecule is SN1C2CCCC1CCC2. The van der Waals surface area contributed by atoms with Gasteiger partial charge in [-0.05, 0) is 25.7 Å². The lowest BCUT2D eigenvalue weighted by Gasteiger charge is -2.42. The fourth-order valence-electron chi connectivity index (χ4n) is 2.29. The second-order valence-electron chi connectivity index (χ2n) is 3.55. The van der Waals surface area contributed by atoms with Crippen LogP contribution in [-0.4, -0.2) is 16.4 Å². The lowest BCUT2D eigenvalue weighted by Crippen LogP contribution is -2.43. The van der Waals surface area contributed by atoms with E-state index in [0.29, 0.717) is 0 Å². The topological polar surface area (TPSA) is 3.24 Å². The molecular formula is C8H15NS. The van der Waals surface area contributed by atoms with Crippen LogP contribution in [0.2, 0.25) is 0 Å². The van der Waals surface area contributed by atoms with Gasteiger partial charge in [0.2, 0.25) is 0 Å². The zero-order valence-electron chi connectivity index (χ0n) is 6.29. The molecule has 10 heavy (non-hydrogen) atoms. The Hall–Kier alpha value is 0.310. The van der Waals surface area contributed by atoms with Crippen molar-refractivity contribution in [2.45, 2.75) is 50.6 Å². The molecule has 2 rings (SSSR count). The van der Waals surface area contributed by atoms with E-state index < -0.39 is 0 Å². The summed E-state index contributed by atoms with van der Waals surface area (Å²) in [6, 6.07) is 1.63. The van der Waals surface area contributed by atoms with Gasteiger partial charge in [-0.25, -0.2) is 4.31 Å². The van der Waals surface area contributed by atoms with Crippen molar-refractivity contribution < 1.29 is 0 Å². The van der Waals surface area contributed by atoms with Gasteiger partial charge in [0.25, 0.3) is 0 Å². The van der Waals surface area contributed by atoms with E-state index in [1.54, 1.807) is 0 Å². The Kier molecular flexibility index (Phi) is 1.92. The van der Waals surface area contributed by atoms with Crippen LogP contribution in [0, 0.1) is 0 Å². The fourth-order valence-corrected chi connectivity index (χ4v) is 2.76. The van der Waals surface area contributed by atoms with E-state index >= 15 is 0 Å². The van der Waals surface area contributed by atoms with E-state index in [9.17, 15) is 0 Å². The van der Waals surface area contributed by atoms with Crippen LogP contribution in [-0.2, 0) is 0 Å². The summed E-state index contributed by atoms with van der Waals surface area (Å²) in [5.41, 5.74) is 0. The highest BCUT2D eigenvalue weighted by molar-refractivity contribution is 7.77. The number of thiol groups is 1. The molecule has 2 fully saturated rings. The smallest absolute Gasteiger partial charge is 0.0203 e. The van der Waals surface area contributed by atoms with Crippen LogP contribution in [0.4, 0.5) is 0 Å². The molecular weight excluding hydrogens is 142 g/mol. The van der Waals surface area contributed by atoms with Gasteiger partial charge in [0, 0.05) is 12.1 Å². The van der Waals surface area contributed by atoms with Crippen LogP contribution in [0.3, 0.4) is 0 Å². The molecule has 0 aromatic heterocycles. The van der Waals surface area contributed by atoms with Gasteiger partial charge in [-0.3, -0.25) is 0 Å². The zero-order valence-corrected chi connectivity index (χ0v) is 7.19. The fraction of sp³-hybridized carbons (Fsp3) is 1.00. The lowest BCUT2D eigenvalue weighted by atomic mass is 9.87. The molecule has 0 saturated carbocycles. The van der Waals surface area contributed by atoms with Crippen molar-refractivity contribution >= 4 is 12.8 Å². The summed E-state index contributed by atoms with van der Waals surface area (Å²) in [5.74, 6) is 0. The molecule has 2 saturated heterocycles. The maximum absolute atomic E-state index is 4.52. The van der Waals surface area contributed by atoms with Crippen LogP contribution in [0.5, 0.6) is 0 Å². The molecule has 2 aliphatic rings. The molecule has 58 valence electrons. The third kappa shape index (κ3) is 1.08. The first-order valence-corrected chi connectivity index (χ1v) is 4.75. The van der Waals surface area contributed by atoms with Gasteiger partial charge in [-0.1, -0.05) is 25.7 Å². The minimum absolute atomic E-state index is 0.816. The van der Waals surface area contributed by atoms with Crippen molar-refractivity contribution in [1.82, 2.24) is 4.31 Å². The van der Waals surface area contributed by atoms with E-state index in [-0.39, 0.29) is 0 Å². The summed E-state index contributed by atoms with van der Waals surface area (Å²) >= 11 is 4.52. The van der Waals surface area contributed by atoms with Gasteiger partial charge in [-0.2, -0.15) is 0 Å². The first kappa shape index (κ1) is 6.99. The van der Waals surface area contributed by atoms with Gasteiger partial charge < -0.3 is 0 Å². The van der Waals surface area contributed by atoms with Crippen molar-refractivity contribution in [3.8, 4) is 0 Å². The number of hydrogen-bond acceptors (Lipinski definition) is 2. The van der Waals surface area contributed by atoms with E-state index in [1.165, 1.54) is 38.5 Å². The van der Waals surface area contributed by atoms with Crippen LogP contribution < -0.4 is 0 Å². The largest absolute Gasteiger partial charge is 0.247 e. The molecule has 0 N–H and O–H groups in total. The normalized spacial score (nSPS) is 41.7. The maximum atomic E-state index is 4.52. The highest BCUT2D eigenvalue weighted by Gasteiger charge is 2.31. The second kappa shape index (κ2) is 2.74. The summed E-state index contributed by atoms with van der Waals surface area (Å²) in [5, 5.41) is 0. The summed E-state index contributed by atoms with van der Waals surface area (Å²) in [6.45, 7) is 0. The molecule has 0 spiro atoms. The number of hydrogen-bond donors (Lipinski definition) is 1. The Morgan fingerprint density at radius 3 is 1.60 bits per heavy atom. The maximum Gasteiger partial charge on any atom is 0.0203 e. The molecule has 0 aromatic rings. The molecule has 2 heteroatoms. The van der Waals surface area contributed by atoms with Gasteiger partial charge in [0.05, 0.1) is 0 Å². The molecule has 0 atom stereocenters. The predicted molar refractivity (Wildman–Crippen MR) is 46.1 cm³/mol. The summed E-state index contributed by atoms with van der Waals surface area (Å²) < 4.78 is 2.31. The van der Waals surface area contributed by atoms with E-state index in [1.807, 2.05) is 0 Å². The Labute approximate surface area is 68.3 Å². The van der Waals surface area contributed by atoms with Gasteiger partial charge in [-0.15, -0.1) is 0 Å². The number of piperidine rings is 2. The minimum Gasteiger partial charge on any atom is -0.247 e. The summed E-state index contributed by atoms with van der Waals surface area (Å²) in [7, 11) is 0. The number of nitrogens with zero attached hydrogens (tertiary/aromatic N) is 1. The monoisotopic (exact) mass is 157 g/mol. The highest BCUT2D eigenvalue weighted by Crippen LogP contribution is 2.34. The van der Waals surface area contributed by atoms with Crippen molar-refractivity contribution in [2.24, 2.45) is 0 Å². The summed E-state index contributed by atoms with van der Waals surface area (Å²) in [4.78, 5) is 0. The molecule has 2 heterocycles. The molecule has 0 amide bonds. The molecule has 2 aliphatic heterocycles. The first-order chi connectivity index (χ1) is 4.88. The first-order valence-electron chi connectivity index (χ1n) is 4.35. The van der Waals surface area contributed by atoms with Crippen molar-refractivity contribution in [2.75, 3.05) is 0 Å². The average Bonchev–Trinajstić information content (AvgIpc) is 1.86. The zero-order chi connectivity index (χ0) is 6.97. The third-order valence-corrected chi connectivity index (χ3v) is 3.55. The van der Waals surface area contributed by atoms with Crippen LogP contribution >= 0.6 is 12.8 Å².